The molecule has 0 bridgehead atoms. The zero-order chi connectivity index (χ0) is 48.7. The van der Waals surface area contributed by atoms with Gasteiger partial charge in [-0.15, -0.1) is 0 Å². The van der Waals surface area contributed by atoms with Crippen LogP contribution in [0.3, 0.4) is 0 Å². The van der Waals surface area contributed by atoms with Gasteiger partial charge in [0.05, 0.1) is 29.2 Å². The number of ether oxygens (including phenoxy) is 1. The van der Waals surface area contributed by atoms with Crippen LogP contribution in [0.2, 0.25) is 0 Å². The number of phenolic OH excluding ortho intramolecular Hbond substituents is 1. The summed E-state index contributed by atoms with van der Waals surface area (Å²) in [5, 5.41) is 52.1. The molecule has 0 aliphatic heterocycles. The number of para-hydroxylation sites is 1. The van der Waals surface area contributed by atoms with Crippen LogP contribution >= 0.6 is 0 Å². The minimum atomic E-state index is -5.08. The lowest BCUT2D eigenvalue weighted by Crippen LogP contribution is -2.51. The van der Waals surface area contributed by atoms with Crippen molar-refractivity contribution in [3.63, 3.8) is 0 Å². The van der Waals surface area contributed by atoms with Gasteiger partial charge in [-0.25, -0.2) is 8.42 Å². The van der Waals surface area contributed by atoms with Crippen molar-refractivity contribution in [1.29, 1.82) is 10.5 Å². The minimum Gasteiger partial charge on any atom is -0.508 e. The zero-order valence-corrected chi connectivity index (χ0v) is 37.8. The second-order valence-corrected chi connectivity index (χ2v) is 20.0. The summed E-state index contributed by atoms with van der Waals surface area (Å²) in [5.74, 6) is 0.0932. The maximum atomic E-state index is 14.2. The number of aliphatic hydroxyl groups is 2. The van der Waals surface area contributed by atoms with Crippen LogP contribution in [0.5, 0.6) is 11.5 Å². The fourth-order valence-electron chi connectivity index (χ4n) is 8.52. The van der Waals surface area contributed by atoms with Crippen LogP contribution in [0.4, 0.5) is 26.3 Å². The fraction of sp³-hybridized carbons (Fsp3) is 0.375. The lowest BCUT2D eigenvalue weighted by molar-refractivity contribution is -0.266. The molecule has 10 nitrogen and oxygen atoms in total. The van der Waals surface area contributed by atoms with Crippen LogP contribution in [0.15, 0.2) is 83.8 Å². The van der Waals surface area contributed by atoms with E-state index in [1.54, 1.807) is 75.4 Å². The lowest BCUT2D eigenvalue weighted by atomic mass is 9.73. The van der Waals surface area contributed by atoms with Crippen LogP contribution in [0.1, 0.15) is 85.3 Å². The summed E-state index contributed by atoms with van der Waals surface area (Å²) in [6.07, 6.45) is -12.0. The highest BCUT2D eigenvalue weighted by Gasteiger charge is 2.57. The molecule has 0 aliphatic rings. The average molecular weight is 925 g/mol. The molecule has 0 fully saturated rings. The molecule has 0 amide bonds. The fourth-order valence-corrected chi connectivity index (χ4v) is 9.17. The number of nitriles is 2. The van der Waals surface area contributed by atoms with E-state index in [4.69, 9.17) is 10.00 Å². The number of alkyl halides is 6. The third-order valence-corrected chi connectivity index (χ3v) is 12.8. The summed E-state index contributed by atoms with van der Waals surface area (Å²) in [4.78, 5) is 5.59. The molecule has 2 aromatic heterocycles. The van der Waals surface area contributed by atoms with Crippen LogP contribution < -0.4 is 4.74 Å². The van der Waals surface area contributed by atoms with E-state index in [0.717, 1.165) is 41.0 Å². The summed E-state index contributed by atoms with van der Waals surface area (Å²) in [5.41, 5.74) is -4.90. The molecule has 4 aromatic carbocycles. The average Bonchev–Trinajstić information content (AvgIpc) is 3.76. The Morgan fingerprint density at radius 1 is 0.708 bits per heavy atom. The number of aromatic amines is 2. The number of methoxy groups -OCH3 is 1. The summed E-state index contributed by atoms with van der Waals surface area (Å²) < 4.78 is 114. The van der Waals surface area contributed by atoms with Gasteiger partial charge in [0.15, 0.2) is 21.0 Å². The van der Waals surface area contributed by atoms with Crippen LogP contribution in [-0.4, -0.2) is 70.6 Å². The lowest BCUT2D eigenvalue weighted by Gasteiger charge is -2.38. The molecule has 17 heteroatoms. The standard InChI is InChI=1S/C25H27F3N2O2.C23H23F3N2O4S/c1-15-6-7-22(32-5)20(8-15)23(3,4)14-24(31,25(26,27)28)12-18-11-19-16(2)9-17(13-29)10-21(19)30-18;1-21(2,17-10-14(33(3,31)32)8-9-20(17)29)13-22(30,23(24,25)26)11-19-16(12-27)15-6-4-5-7-18(15)28-19/h6-11,30-31H,12,14H2,1-5H3;4-10,28-30H,11,13H2,1-3H3. The molecular weight excluding hydrogens is 875 g/mol. The Morgan fingerprint density at radius 2 is 1.31 bits per heavy atom. The predicted octanol–water partition coefficient (Wildman–Crippen LogP) is 10.2. The molecular formula is C48H50F6N4O6S. The van der Waals surface area contributed by atoms with Crippen molar-refractivity contribution in [2.45, 2.75) is 107 Å². The first-order chi connectivity index (χ1) is 29.9. The van der Waals surface area contributed by atoms with Gasteiger partial charge in [0, 0.05) is 63.4 Å². The van der Waals surface area contributed by atoms with Crippen molar-refractivity contribution < 1.29 is 54.8 Å². The van der Waals surface area contributed by atoms with Gasteiger partial charge in [-0.05, 0) is 91.6 Å². The molecule has 346 valence electrons. The SMILES string of the molecule is CC(C)(CC(O)(Cc1[nH]c2ccccc2c1C#N)C(F)(F)F)c1cc(S(C)(=O)=O)ccc1O.COc1ccc(C)cc1C(C)(C)CC(O)(Cc1cc2c(C)cc(C#N)cc2[nH]1)C(F)(F)F. The summed E-state index contributed by atoms with van der Waals surface area (Å²) in [6, 6.07) is 24.1. The number of fused-ring (bicyclic) bond motifs is 2. The zero-order valence-electron chi connectivity index (χ0n) is 37.0. The van der Waals surface area contributed by atoms with Crippen molar-refractivity contribution in [1.82, 2.24) is 9.97 Å². The molecule has 65 heavy (non-hydrogen) atoms. The molecule has 0 radical (unpaired) electrons. The van der Waals surface area contributed by atoms with E-state index < -0.39 is 69.9 Å². The van der Waals surface area contributed by atoms with E-state index in [1.165, 1.54) is 21.0 Å². The summed E-state index contributed by atoms with van der Waals surface area (Å²) in [6.45, 7) is 9.76. The summed E-state index contributed by atoms with van der Waals surface area (Å²) >= 11 is 0. The Balaban J connectivity index is 0.000000244. The number of rotatable bonds is 12. The first-order valence-corrected chi connectivity index (χ1v) is 22.1. The number of nitrogens with zero attached hydrogens (tertiary/aromatic N) is 2. The largest absolute Gasteiger partial charge is 0.508 e. The third-order valence-electron chi connectivity index (χ3n) is 11.7. The Bertz CT molecular complexity index is 2940. The van der Waals surface area contributed by atoms with E-state index in [-0.39, 0.29) is 33.2 Å². The van der Waals surface area contributed by atoms with Gasteiger partial charge in [-0.2, -0.15) is 36.9 Å². The number of H-pyrrole nitrogens is 2. The number of hydrogen-bond acceptors (Lipinski definition) is 8. The van der Waals surface area contributed by atoms with Gasteiger partial charge in [-0.3, -0.25) is 0 Å². The van der Waals surface area contributed by atoms with Crippen LogP contribution in [0.25, 0.3) is 21.8 Å². The van der Waals surface area contributed by atoms with E-state index >= 15 is 0 Å². The van der Waals surface area contributed by atoms with E-state index in [0.29, 0.717) is 33.3 Å². The van der Waals surface area contributed by atoms with E-state index in [1.807, 2.05) is 25.1 Å². The molecule has 0 saturated carbocycles. The Hall–Kier alpha value is -6.01. The number of hydrogen-bond donors (Lipinski definition) is 5. The number of aromatic hydroxyl groups is 1. The first-order valence-electron chi connectivity index (χ1n) is 20.2. The molecule has 6 aromatic rings. The highest BCUT2D eigenvalue weighted by molar-refractivity contribution is 7.90. The molecule has 0 spiro atoms. The third kappa shape index (κ3) is 10.6. The highest BCUT2D eigenvalue weighted by atomic mass is 32.2. The van der Waals surface area contributed by atoms with Gasteiger partial charge < -0.3 is 30.0 Å². The molecule has 0 saturated heterocycles. The smallest absolute Gasteiger partial charge is 0.417 e. The van der Waals surface area contributed by atoms with Crippen molar-refractivity contribution in [3.05, 3.63) is 124 Å². The number of aryl methyl sites for hydroxylation is 2. The van der Waals surface area contributed by atoms with Gasteiger partial charge in [-0.1, -0.05) is 63.6 Å². The highest BCUT2D eigenvalue weighted by Crippen LogP contribution is 2.47. The number of aromatic nitrogens is 2. The van der Waals surface area contributed by atoms with E-state index in [2.05, 4.69) is 9.97 Å². The number of sulfone groups is 1. The van der Waals surface area contributed by atoms with Crippen molar-refractivity contribution in [2.24, 2.45) is 0 Å². The topological polar surface area (TPSA) is 183 Å². The van der Waals surface area contributed by atoms with Crippen LogP contribution in [-0.2, 0) is 33.5 Å². The van der Waals surface area contributed by atoms with E-state index in [9.17, 15) is 55.3 Å². The van der Waals surface area contributed by atoms with Gasteiger partial charge >= 0.3 is 12.4 Å². The number of benzene rings is 4. The maximum Gasteiger partial charge on any atom is 0.417 e. The minimum absolute atomic E-state index is 0.00741. The Morgan fingerprint density at radius 3 is 1.88 bits per heavy atom. The predicted molar refractivity (Wildman–Crippen MR) is 234 cm³/mol. The quantitative estimate of drug-likeness (QED) is 0.0751. The van der Waals surface area contributed by atoms with Gasteiger partial charge in [0.25, 0.3) is 0 Å². The molecule has 2 atom stereocenters. The Kier molecular flexibility index (Phi) is 13.7. The van der Waals surface area contributed by atoms with Crippen molar-refractivity contribution in [2.75, 3.05) is 13.4 Å². The molecule has 0 aliphatic carbocycles. The maximum absolute atomic E-state index is 14.2. The van der Waals surface area contributed by atoms with Crippen molar-refractivity contribution >= 4 is 31.6 Å². The van der Waals surface area contributed by atoms with Crippen LogP contribution in [0, 0.1) is 36.5 Å². The second kappa shape index (κ2) is 17.8. The normalized spacial score (nSPS) is 14.5. The molecule has 2 heterocycles. The van der Waals surface area contributed by atoms with Crippen molar-refractivity contribution in [3.8, 4) is 23.6 Å². The van der Waals surface area contributed by atoms with Gasteiger partial charge in [0.2, 0.25) is 0 Å². The monoisotopic (exact) mass is 924 g/mol. The number of halogens is 6. The Labute approximate surface area is 373 Å². The number of phenols is 1. The first kappa shape index (κ1) is 50.0. The molecule has 6 rings (SSSR count). The molecule has 2 unspecified atom stereocenters. The molecule has 5 N–H and O–H groups in total. The van der Waals surface area contributed by atoms with Gasteiger partial charge in [0.1, 0.15) is 17.6 Å². The summed E-state index contributed by atoms with van der Waals surface area (Å²) in [7, 11) is -2.21. The second-order valence-electron chi connectivity index (χ2n) is 18.0. The number of nitrogens with one attached hydrogen (secondary N) is 2.